The Morgan fingerprint density at radius 3 is 2.89 bits per heavy atom. The zero-order chi connectivity index (χ0) is 12.5. The first-order valence-corrected chi connectivity index (χ1v) is 6.08. The lowest BCUT2D eigenvalue weighted by atomic mass is 10.0. The van der Waals surface area contributed by atoms with Crippen LogP contribution in [-0.4, -0.2) is 24.5 Å². The van der Waals surface area contributed by atoms with E-state index in [4.69, 9.17) is 4.74 Å². The molecule has 0 aromatic heterocycles. The fourth-order valence-electron chi connectivity index (χ4n) is 1.93. The summed E-state index contributed by atoms with van der Waals surface area (Å²) < 4.78 is 19.1. The third kappa shape index (κ3) is 2.23. The number of ether oxygens (including phenoxy) is 1. The normalized spacial score (nSPS) is 17.9. The van der Waals surface area contributed by atoms with Gasteiger partial charge in [0.25, 0.3) is 0 Å². The number of rotatable bonds is 4. The quantitative estimate of drug-likeness (QED) is 0.888. The predicted molar refractivity (Wildman–Crippen MR) is 67.6 cm³/mol. The summed E-state index contributed by atoms with van der Waals surface area (Å²) in [4.78, 5) is 4.08. The number of hydrogen-bond acceptors (Lipinski definition) is 3. The number of halogens is 1. The van der Waals surface area contributed by atoms with Gasteiger partial charge in [0.1, 0.15) is 5.75 Å². The number of phenols is 1. The van der Waals surface area contributed by atoms with Crippen molar-refractivity contribution in [2.45, 2.75) is 12.8 Å². The summed E-state index contributed by atoms with van der Waals surface area (Å²) in [5.41, 5.74) is 1.60. The number of hydrogen-bond donors (Lipinski definition) is 1. The highest BCUT2D eigenvalue weighted by Gasteiger charge is 2.23. The minimum Gasteiger partial charge on any atom is -0.505 e. The van der Waals surface area contributed by atoms with Gasteiger partial charge in [-0.05, 0) is 36.5 Å². The number of aromatic hydroxyl groups is 1. The first kappa shape index (κ1) is 11.3. The van der Waals surface area contributed by atoms with Crippen LogP contribution < -0.4 is 4.74 Å². The predicted octanol–water partition coefficient (Wildman–Crippen LogP) is 2.79. The van der Waals surface area contributed by atoms with Gasteiger partial charge >= 0.3 is 0 Å². The van der Waals surface area contributed by atoms with Crippen molar-refractivity contribution in [1.29, 1.82) is 0 Å². The maximum atomic E-state index is 13.5. The number of allylic oxidation sites excluding steroid dienone is 1. The van der Waals surface area contributed by atoms with Crippen molar-refractivity contribution in [3.05, 3.63) is 29.6 Å². The Morgan fingerprint density at radius 2 is 2.22 bits per heavy atom. The van der Waals surface area contributed by atoms with E-state index in [0.717, 1.165) is 5.57 Å². The van der Waals surface area contributed by atoms with Crippen LogP contribution in [0.15, 0.2) is 23.2 Å². The Bertz CT molecular complexity index is 533. The second kappa shape index (κ2) is 4.44. The smallest absolute Gasteiger partial charge is 0.165 e. The summed E-state index contributed by atoms with van der Waals surface area (Å²) in [7, 11) is 0. The highest BCUT2D eigenvalue weighted by molar-refractivity contribution is 5.91. The molecular formula is C14H14FNO2. The second-order valence-corrected chi connectivity index (χ2v) is 4.74. The zero-order valence-electron chi connectivity index (χ0n) is 9.90. The molecule has 94 valence electrons. The average Bonchev–Trinajstić information content (AvgIpc) is 3.03. The largest absolute Gasteiger partial charge is 0.505 e. The molecule has 0 atom stereocenters. The van der Waals surface area contributed by atoms with Crippen LogP contribution in [0.4, 0.5) is 4.39 Å². The molecule has 1 aromatic carbocycles. The molecule has 1 N–H and O–H groups in total. The van der Waals surface area contributed by atoms with Crippen molar-refractivity contribution in [1.82, 2.24) is 0 Å². The summed E-state index contributed by atoms with van der Waals surface area (Å²) in [5.74, 6) is 0.150. The van der Waals surface area contributed by atoms with Gasteiger partial charge in [0, 0.05) is 17.8 Å². The van der Waals surface area contributed by atoms with E-state index in [2.05, 4.69) is 4.99 Å². The minimum atomic E-state index is -0.628. The zero-order valence-corrected chi connectivity index (χ0v) is 9.90. The molecule has 3 rings (SSSR count). The molecule has 2 aliphatic rings. The van der Waals surface area contributed by atoms with E-state index in [1.165, 1.54) is 25.0 Å². The maximum absolute atomic E-state index is 13.5. The lowest BCUT2D eigenvalue weighted by Crippen LogP contribution is -2.02. The highest BCUT2D eigenvalue weighted by atomic mass is 19.1. The Hall–Kier alpha value is -1.84. The number of phenolic OH excluding ortho intramolecular Hbond substituents is 1. The van der Waals surface area contributed by atoms with Gasteiger partial charge in [0.2, 0.25) is 0 Å². The molecule has 0 radical (unpaired) electrons. The molecule has 1 aromatic rings. The minimum absolute atomic E-state index is 0.371. The maximum Gasteiger partial charge on any atom is 0.165 e. The topological polar surface area (TPSA) is 41.8 Å². The molecular weight excluding hydrogens is 233 g/mol. The van der Waals surface area contributed by atoms with E-state index in [1.807, 2.05) is 6.08 Å². The van der Waals surface area contributed by atoms with Gasteiger partial charge in [0.15, 0.2) is 11.6 Å². The Labute approximate surface area is 105 Å². The van der Waals surface area contributed by atoms with Gasteiger partial charge < -0.3 is 9.84 Å². The van der Waals surface area contributed by atoms with Crippen LogP contribution in [-0.2, 0) is 0 Å². The van der Waals surface area contributed by atoms with E-state index < -0.39 is 5.82 Å². The van der Waals surface area contributed by atoms with Gasteiger partial charge in [-0.2, -0.15) is 0 Å². The molecule has 1 heterocycles. The van der Waals surface area contributed by atoms with Gasteiger partial charge in [-0.15, -0.1) is 0 Å². The third-order valence-electron chi connectivity index (χ3n) is 3.21. The molecule has 1 aliphatic heterocycles. The van der Waals surface area contributed by atoms with Crippen LogP contribution in [0.5, 0.6) is 11.5 Å². The van der Waals surface area contributed by atoms with E-state index >= 15 is 0 Å². The number of benzene rings is 1. The van der Waals surface area contributed by atoms with Crippen molar-refractivity contribution in [2.75, 3.05) is 13.2 Å². The molecule has 0 spiro atoms. The highest BCUT2D eigenvalue weighted by Crippen LogP contribution is 2.35. The first-order chi connectivity index (χ1) is 8.74. The summed E-state index contributed by atoms with van der Waals surface area (Å²) in [5, 5.41) is 9.44. The molecule has 18 heavy (non-hydrogen) atoms. The van der Waals surface area contributed by atoms with Crippen LogP contribution >= 0.6 is 0 Å². The van der Waals surface area contributed by atoms with Crippen molar-refractivity contribution < 1.29 is 14.2 Å². The molecule has 1 fully saturated rings. The molecule has 0 amide bonds. The van der Waals surface area contributed by atoms with Gasteiger partial charge in [-0.3, -0.25) is 4.99 Å². The van der Waals surface area contributed by atoms with Crippen LogP contribution in [0.25, 0.3) is 5.57 Å². The SMILES string of the molecule is Oc1cc(OCC2CC2)c(C2=CC=NC2)cc1F. The van der Waals surface area contributed by atoms with Crippen molar-refractivity contribution in [3.8, 4) is 11.5 Å². The van der Waals surface area contributed by atoms with Crippen LogP contribution in [0, 0.1) is 11.7 Å². The van der Waals surface area contributed by atoms with Gasteiger partial charge in [-0.1, -0.05) is 0 Å². The average molecular weight is 247 g/mol. The Balaban J connectivity index is 1.90. The van der Waals surface area contributed by atoms with E-state index in [0.29, 0.717) is 30.4 Å². The lowest BCUT2D eigenvalue weighted by molar-refractivity contribution is 0.296. The van der Waals surface area contributed by atoms with E-state index in [-0.39, 0.29) is 5.75 Å². The van der Waals surface area contributed by atoms with E-state index in [9.17, 15) is 9.50 Å². The Morgan fingerprint density at radius 1 is 1.39 bits per heavy atom. The summed E-state index contributed by atoms with van der Waals surface area (Å²) in [6, 6.07) is 2.67. The fraction of sp³-hybridized carbons (Fsp3) is 0.357. The monoisotopic (exact) mass is 247 g/mol. The summed E-state index contributed by atoms with van der Waals surface area (Å²) in [6.07, 6.45) is 5.92. The van der Waals surface area contributed by atoms with Crippen molar-refractivity contribution >= 4 is 11.8 Å². The molecule has 0 unspecified atom stereocenters. The first-order valence-electron chi connectivity index (χ1n) is 6.08. The third-order valence-corrected chi connectivity index (χ3v) is 3.21. The lowest BCUT2D eigenvalue weighted by Gasteiger charge is -2.12. The molecule has 4 heteroatoms. The number of nitrogens with zero attached hydrogens (tertiary/aromatic N) is 1. The second-order valence-electron chi connectivity index (χ2n) is 4.74. The molecule has 1 aliphatic carbocycles. The van der Waals surface area contributed by atoms with Crippen LogP contribution in [0.2, 0.25) is 0 Å². The standard InChI is InChI=1S/C14H14FNO2/c15-12-5-11(10-3-4-16-7-10)14(6-13(12)17)18-8-9-1-2-9/h3-6,9,17H,1-2,7-8H2. The van der Waals surface area contributed by atoms with Crippen molar-refractivity contribution in [3.63, 3.8) is 0 Å². The molecule has 3 nitrogen and oxygen atoms in total. The van der Waals surface area contributed by atoms with Gasteiger partial charge in [-0.25, -0.2) is 4.39 Å². The molecule has 1 saturated carbocycles. The van der Waals surface area contributed by atoms with Crippen LogP contribution in [0.1, 0.15) is 18.4 Å². The van der Waals surface area contributed by atoms with E-state index in [1.54, 1.807) is 6.21 Å². The Kier molecular flexibility index (Phi) is 2.78. The summed E-state index contributed by atoms with van der Waals surface area (Å²) >= 11 is 0. The molecule has 0 saturated heterocycles. The fourth-order valence-corrected chi connectivity index (χ4v) is 1.93. The van der Waals surface area contributed by atoms with Crippen LogP contribution in [0.3, 0.4) is 0 Å². The van der Waals surface area contributed by atoms with Crippen molar-refractivity contribution in [2.24, 2.45) is 10.9 Å². The van der Waals surface area contributed by atoms with Gasteiger partial charge in [0.05, 0.1) is 13.2 Å². The summed E-state index contributed by atoms with van der Waals surface area (Å²) in [6.45, 7) is 1.16. The molecule has 0 bridgehead atoms. The number of aliphatic imine (C=N–C) groups is 1.